The van der Waals surface area contributed by atoms with Gasteiger partial charge in [0.25, 0.3) is 0 Å². The Bertz CT molecular complexity index is 388. The van der Waals surface area contributed by atoms with Gasteiger partial charge in [0.2, 0.25) is 0 Å². The summed E-state index contributed by atoms with van der Waals surface area (Å²) in [6.45, 7) is 2.23. The molecule has 0 fully saturated rings. The fraction of sp³-hybridized carbons (Fsp3) is 0.700. The molecule has 0 amide bonds. The van der Waals surface area contributed by atoms with Crippen LogP contribution in [0.25, 0.3) is 0 Å². The molecule has 0 unspecified atom stereocenters. The van der Waals surface area contributed by atoms with E-state index in [1.165, 1.54) is 38.5 Å². The van der Waals surface area contributed by atoms with Gasteiger partial charge in [-0.1, -0.05) is 70.4 Å². The number of rotatable bonds is 13. The van der Waals surface area contributed by atoms with Crippen molar-refractivity contribution in [2.45, 2.75) is 83.3 Å². The van der Waals surface area contributed by atoms with E-state index in [1.807, 2.05) is 24.3 Å². The summed E-state index contributed by atoms with van der Waals surface area (Å²) >= 11 is 0. The smallest absolute Gasteiger partial charge is 0.118 e. The Morgan fingerprint density at radius 3 is 1.96 bits per heavy atom. The third-order valence-corrected chi connectivity index (χ3v) is 4.40. The molecule has 3 nitrogen and oxygen atoms in total. The molecule has 0 aliphatic rings. The van der Waals surface area contributed by atoms with Gasteiger partial charge in [-0.05, 0) is 24.1 Å². The number of hydrogen-bond acceptors (Lipinski definition) is 3. The molecule has 23 heavy (non-hydrogen) atoms. The summed E-state index contributed by atoms with van der Waals surface area (Å²) in [5.74, 6) is 0.808. The molecular formula is C20H34O3. The van der Waals surface area contributed by atoms with Crippen molar-refractivity contribution in [3.63, 3.8) is 0 Å². The second-order valence-electron chi connectivity index (χ2n) is 6.45. The second kappa shape index (κ2) is 12.4. The van der Waals surface area contributed by atoms with Crippen LogP contribution < -0.4 is 4.74 Å². The number of benzene rings is 1. The standard InChI is InChI=1S/C20H34O3/c1-3-4-5-6-7-8-9-10-11-19(21)20(22)16-17-12-14-18(23-2)15-13-17/h12-15,19-22H,3-11,16H2,1-2H3/t19-,20-/m1/s1. The number of methoxy groups -OCH3 is 1. The quantitative estimate of drug-likeness (QED) is 0.526. The molecular weight excluding hydrogens is 288 g/mol. The minimum atomic E-state index is -0.687. The molecule has 0 aromatic heterocycles. The Balaban J connectivity index is 2.12. The normalized spacial score (nSPS) is 13.7. The zero-order valence-electron chi connectivity index (χ0n) is 14.8. The molecule has 0 spiro atoms. The highest BCUT2D eigenvalue weighted by atomic mass is 16.5. The lowest BCUT2D eigenvalue weighted by Crippen LogP contribution is -2.27. The van der Waals surface area contributed by atoms with E-state index in [0.717, 1.165) is 24.2 Å². The third-order valence-electron chi connectivity index (χ3n) is 4.40. The van der Waals surface area contributed by atoms with Crippen LogP contribution in [0.1, 0.15) is 70.3 Å². The van der Waals surface area contributed by atoms with E-state index in [4.69, 9.17) is 4.74 Å². The third kappa shape index (κ3) is 8.97. The van der Waals surface area contributed by atoms with E-state index in [1.54, 1.807) is 7.11 Å². The maximum atomic E-state index is 10.1. The van der Waals surface area contributed by atoms with Gasteiger partial charge in [-0.15, -0.1) is 0 Å². The van der Waals surface area contributed by atoms with Crippen LogP contribution >= 0.6 is 0 Å². The van der Waals surface area contributed by atoms with Crippen molar-refractivity contribution in [3.05, 3.63) is 29.8 Å². The van der Waals surface area contributed by atoms with Crippen LogP contribution in [0, 0.1) is 0 Å². The summed E-state index contributed by atoms with van der Waals surface area (Å²) in [5.41, 5.74) is 1.02. The van der Waals surface area contributed by atoms with Gasteiger partial charge in [0.05, 0.1) is 19.3 Å². The highest BCUT2D eigenvalue weighted by Gasteiger charge is 2.16. The molecule has 0 saturated carbocycles. The van der Waals surface area contributed by atoms with Crippen LogP contribution in [-0.2, 0) is 6.42 Å². The van der Waals surface area contributed by atoms with E-state index in [0.29, 0.717) is 12.8 Å². The van der Waals surface area contributed by atoms with E-state index in [-0.39, 0.29) is 0 Å². The first-order valence-corrected chi connectivity index (χ1v) is 9.16. The lowest BCUT2D eigenvalue weighted by atomic mass is 9.99. The minimum Gasteiger partial charge on any atom is -0.497 e. The fourth-order valence-corrected chi connectivity index (χ4v) is 2.82. The van der Waals surface area contributed by atoms with Crippen LogP contribution in [0.2, 0.25) is 0 Å². The first kappa shape index (κ1) is 20.0. The van der Waals surface area contributed by atoms with Crippen molar-refractivity contribution >= 4 is 0 Å². The van der Waals surface area contributed by atoms with Gasteiger partial charge in [0.1, 0.15) is 5.75 Å². The van der Waals surface area contributed by atoms with Gasteiger partial charge in [-0.25, -0.2) is 0 Å². The Morgan fingerprint density at radius 2 is 1.39 bits per heavy atom. The van der Waals surface area contributed by atoms with Crippen molar-refractivity contribution in [2.75, 3.05) is 7.11 Å². The summed E-state index contributed by atoms with van der Waals surface area (Å²) in [6, 6.07) is 7.64. The van der Waals surface area contributed by atoms with E-state index >= 15 is 0 Å². The topological polar surface area (TPSA) is 49.7 Å². The summed E-state index contributed by atoms with van der Waals surface area (Å²) in [7, 11) is 1.64. The van der Waals surface area contributed by atoms with Crippen LogP contribution in [0.5, 0.6) is 5.75 Å². The molecule has 0 aliphatic carbocycles. The zero-order chi connectivity index (χ0) is 16.9. The van der Waals surface area contributed by atoms with Crippen molar-refractivity contribution in [1.82, 2.24) is 0 Å². The fourth-order valence-electron chi connectivity index (χ4n) is 2.82. The van der Waals surface area contributed by atoms with Crippen LogP contribution in [0.15, 0.2) is 24.3 Å². The molecule has 0 aliphatic heterocycles. The molecule has 0 saturated heterocycles. The monoisotopic (exact) mass is 322 g/mol. The first-order valence-electron chi connectivity index (χ1n) is 9.16. The van der Waals surface area contributed by atoms with Gasteiger partial charge < -0.3 is 14.9 Å². The summed E-state index contributed by atoms with van der Waals surface area (Å²) in [6.07, 6.45) is 9.85. The molecule has 3 heteroatoms. The summed E-state index contributed by atoms with van der Waals surface area (Å²) in [5, 5.41) is 20.2. The second-order valence-corrected chi connectivity index (χ2v) is 6.45. The molecule has 1 aromatic carbocycles. The van der Waals surface area contributed by atoms with Gasteiger partial charge in [-0.2, -0.15) is 0 Å². The minimum absolute atomic E-state index is 0.488. The predicted octanol–water partition coefficient (Wildman–Crippen LogP) is 4.49. The Labute approximate surface area is 141 Å². The van der Waals surface area contributed by atoms with Gasteiger partial charge >= 0.3 is 0 Å². The van der Waals surface area contributed by atoms with Gasteiger partial charge in [0.15, 0.2) is 0 Å². The lowest BCUT2D eigenvalue weighted by molar-refractivity contribution is 0.0137. The number of ether oxygens (including phenoxy) is 1. The molecule has 2 N–H and O–H groups in total. The molecule has 1 rings (SSSR count). The summed E-state index contributed by atoms with van der Waals surface area (Å²) in [4.78, 5) is 0. The van der Waals surface area contributed by atoms with Crippen LogP contribution in [0.3, 0.4) is 0 Å². The number of unbranched alkanes of at least 4 members (excludes halogenated alkanes) is 7. The molecule has 1 aromatic rings. The van der Waals surface area contributed by atoms with E-state index in [2.05, 4.69) is 6.92 Å². The van der Waals surface area contributed by atoms with Crippen molar-refractivity contribution < 1.29 is 14.9 Å². The Morgan fingerprint density at radius 1 is 0.826 bits per heavy atom. The van der Waals surface area contributed by atoms with Crippen LogP contribution in [0.4, 0.5) is 0 Å². The number of hydrogen-bond donors (Lipinski definition) is 2. The SMILES string of the molecule is CCCCCCCCCC[C@@H](O)[C@H](O)Cc1ccc(OC)cc1. The number of aliphatic hydroxyl groups excluding tert-OH is 2. The molecule has 0 heterocycles. The maximum absolute atomic E-state index is 10.1. The molecule has 0 bridgehead atoms. The first-order chi connectivity index (χ1) is 11.2. The Hall–Kier alpha value is -1.06. The predicted molar refractivity (Wildman–Crippen MR) is 95.9 cm³/mol. The average Bonchev–Trinajstić information content (AvgIpc) is 2.57. The highest BCUT2D eigenvalue weighted by Crippen LogP contribution is 2.16. The van der Waals surface area contributed by atoms with Crippen LogP contribution in [-0.4, -0.2) is 29.5 Å². The average molecular weight is 322 g/mol. The lowest BCUT2D eigenvalue weighted by Gasteiger charge is -2.18. The van der Waals surface area contributed by atoms with Crippen molar-refractivity contribution in [2.24, 2.45) is 0 Å². The van der Waals surface area contributed by atoms with E-state index in [9.17, 15) is 10.2 Å². The highest BCUT2D eigenvalue weighted by molar-refractivity contribution is 5.27. The zero-order valence-corrected chi connectivity index (χ0v) is 14.8. The Kier molecular flexibility index (Phi) is 10.8. The van der Waals surface area contributed by atoms with Crippen molar-refractivity contribution in [1.29, 1.82) is 0 Å². The van der Waals surface area contributed by atoms with E-state index < -0.39 is 12.2 Å². The van der Waals surface area contributed by atoms with Crippen molar-refractivity contribution in [3.8, 4) is 5.75 Å². The number of aliphatic hydroxyl groups is 2. The van der Waals surface area contributed by atoms with Gasteiger partial charge in [0, 0.05) is 6.42 Å². The summed E-state index contributed by atoms with van der Waals surface area (Å²) < 4.78 is 5.12. The molecule has 2 atom stereocenters. The molecule has 132 valence electrons. The largest absolute Gasteiger partial charge is 0.497 e. The van der Waals surface area contributed by atoms with Gasteiger partial charge in [-0.3, -0.25) is 0 Å². The molecule has 0 radical (unpaired) electrons. The maximum Gasteiger partial charge on any atom is 0.118 e.